The molecule has 0 heterocycles. The van der Waals surface area contributed by atoms with Crippen LogP contribution in [0.25, 0.3) is 0 Å². The standard InChI is InChI=1S/C19H31N/c1-4-6-7-8-12-16-19(3,15-5-2)20-17-18-13-10-9-11-14-18/h5,9-11,13-14,20H,2,4,6-8,12,15-17H2,1,3H3. The van der Waals surface area contributed by atoms with Gasteiger partial charge in [0.05, 0.1) is 0 Å². The zero-order valence-corrected chi connectivity index (χ0v) is 13.3. The highest BCUT2D eigenvalue weighted by atomic mass is 15.0. The van der Waals surface area contributed by atoms with Crippen LogP contribution < -0.4 is 5.32 Å². The van der Waals surface area contributed by atoms with E-state index in [-0.39, 0.29) is 5.54 Å². The average Bonchev–Trinajstić information content (AvgIpc) is 2.47. The molecule has 1 aromatic carbocycles. The van der Waals surface area contributed by atoms with Gasteiger partial charge in [0.2, 0.25) is 0 Å². The molecule has 0 saturated carbocycles. The van der Waals surface area contributed by atoms with Gasteiger partial charge < -0.3 is 5.32 Å². The van der Waals surface area contributed by atoms with E-state index in [9.17, 15) is 0 Å². The van der Waals surface area contributed by atoms with E-state index in [0.717, 1.165) is 13.0 Å². The molecular weight excluding hydrogens is 242 g/mol. The summed E-state index contributed by atoms with van der Waals surface area (Å²) < 4.78 is 0. The van der Waals surface area contributed by atoms with Gasteiger partial charge in [-0.15, -0.1) is 6.58 Å². The van der Waals surface area contributed by atoms with Gasteiger partial charge in [0.15, 0.2) is 0 Å². The summed E-state index contributed by atoms with van der Waals surface area (Å²) in [7, 11) is 0. The maximum atomic E-state index is 3.92. The lowest BCUT2D eigenvalue weighted by Crippen LogP contribution is -2.41. The van der Waals surface area contributed by atoms with Crippen molar-refractivity contribution >= 4 is 0 Å². The molecule has 1 N–H and O–H groups in total. The molecule has 112 valence electrons. The lowest BCUT2D eigenvalue weighted by Gasteiger charge is -2.30. The third kappa shape index (κ3) is 6.91. The van der Waals surface area contributed by atoms with Crippen LogP contribution in [0, 0.1) is 0 Å². The van der Waals surface area contributed by atoms with Crippen molar-refractivity contribution in [2.45, 2.75) is 70.9 Å². The smallest absolute Gasteiger partial charge is 0.0210 e. The van der Waals surface area contributed by atoms with E-state index in [2.05, 4.69) is 56.1 Å². The number of rotatable bonds is 11. The van der Waals surface area contributed by atoms with Gasteiger partial charge in [-0.25, -0.2) is 0 Å². The maximum absolute atomic E-state index is 3.92. The SMILES string of the molecule is C=CCC(C)(CCCCCCC)NCc1ccccc1. The van der Waals surface area contributed by atoms with Gasteiger partial charge in [0.25, 0.3) is 0 Å². The predicted molar refractivity (Wildman–Crippen MR) is 89.9 cm³/mol. The van der Waals surface area contributed by atoms with Crippen LogP contribution in [0.2, 0.25) is 0 Å². The highest BCUT2D eigenvalue weighted by Crippen LogP contribution is 2.20. The van der Waals surface area contributed by atoms with E-state index in [1.807, 2.05) is 6.08 Å². The summed E-state index contributed by atoms with van der Waals surface area (Å²) in [5.74, 6) is 0. The Labute approximate surface area is 125 Å². The first-order valence-corrected chi connectivity index (χ1v) is 8.10. The van der Waals surface area contributed by atoms with Crippen LogP contribution >= 0.6 is 0 Å². The molecule has 1 heteroatoms. The van der Waals surface area contributed by atoms with Crippen LogP contribution in [0.15, 0.2) is 43.0 Å². The lowest BCUT2D eigenvalue weighted by atomic mass is 9.90. The van der Waals surface area contributed by atoms with E-state index in [1.54, 1.807) is 0 Å². The first kappa shape index (κ1) is 17.0. The van der Waals surface area contributed by atoms with Crippen molar-refractivity contribution in [2.24, 2.45) is 0 Å². The molecule has 1 nitrogen and oxygen atoms in total. The number of benzene rings is 1. The van der Waals surface area contributed by atoms with E-state index in [4.69, 9.17) is 0 Å². The van der Waals surface area contributed by atoms with Crippen molar-refractivity contribution in [3.8, 4) is 0 Å². The third-order valence-corrected chi connectivity index (χ3v) is 3.99. The minimum atomic E-state index is 0.184. The number of nitrogens with one attached hydrogen (secondary N) is 1. The molecule has 0 bridgehead atoms. The summed E-state index contributed by atoms with van der Waals surface area (Å²) in [6, 6.07) is 10.6. The zero-order valence-electron chi connectivity index (χ0n) is 13.3. The molecule has 0 aromatic heterocycles. The monoisotopic (exact) mass is 273 g/mol. The van der Waals surface area contributed by atoms with Crippen molar-refractivity contribution in [2.75, 3.05) is 0 Å². The van der Waals surface area contributed by atoms with Crippen LogP contribution in [-0.2, 0) is 6.54 Å². The van der Waals surface area contributed by atoms with Crippen LogP contribution in [0.3, 0.4) is 0 Å². The molecule has 0 saturated heterocycles. The van der Waals surface area contributed by atoms with Gasteiger partial charge in [-0.3, -0.25) is 0 Å². The van der Waals surface area contributed by atoms with Gasteiger partial charge in [0, 0.05) is 12.1 Å². The molecule has 1 rings (SSSR count). The summed E-state index contributed by atoms with van der Waals surface area (Å²) >= 11 is 0. The van der Waals surface area contributed by atoms with Crippen molar-refractivity contribution < 1.29 is 0 Å². The van der Waals surface area contributed by atoms with Crippen LogP contribution in [-0.4, -0.2) is 5.54 Å². The minimum Gasteiger partial charge on any atom is -0.307 e. The Hall–Kier alpha value is -1.08. The predicted octanol–water partition coefficient (Wildman–Crippen LogP) is 5.47. The Bertz CT molecular complexity index is 357. The fourth-order valence-corrected chi connectivity index (χ4v) is 2.61. The average molecular weight is 273 g/mol. The van der Waals surface area contributed by atoms with Gasteiger partial charge >= 0.3 is 0 Å². The Morgan fingerprint density at radius 1 is 1.10 bits per heavy atom. The highest BCUT2D eigenvalue weighted by molar-refractivity contribution is 5.14. The molecule has 0 amide bonds. The Balaban J connectivity index is 2.38. The van der Waals surface area contributed by atoms with Gasteiger partial charge in [-0.1, -0.05) is 75.4 Å². The minimum absolute atomic E-state index is 0.184. The second-order valence-electron chi connectivity index (χ2n) is 6.06. The van der Waals surface area contributed by atoms with Crippen molar-refractivity contribution in [1.29, 1.82) is 0 Å². The van der Waals surface area contributed by atoms with E-state index in [1.165, 1.54) is 44.1 Å². The Kier molecular flexibility index (Phi) is 8.29. The number of unbranched alkanes of at least 4 members (excludes halogenated alkanes) is 4. The van der Waals surface area contributed by atoms with E-state index < -0.39 is 0 Å². The Morgan fingerprint density at radius 2 is 1.80 bits per heavy atom. The molecule has 0 aliphatic carbocycles. The first-order valence-electron chi connectivity index (χ1n) is 8.10. The summed E-state index contributed by atoms with van der Waals surface area (Å²) in [6.07, 6.45) is 11.0. The first-order chi connectivity index (χ1) is 9.70. The van der Waals surface area contributed by atoms with E-state index in [0.29, 0.717) is 0 Å². The van der Waals surface area contributed by atoms with Gasteiger partial charge in [0.1, 0.15) is 0 Å². The summed E-state index contributed by atoms with van der Waals surface area (Å²) in [4.78, 5) is 0. The van der Waals surface area contributed by atoms with Crippen LogP contribution in [0.5, 0.6) is 0 Å². The number of hydrogen-bond donors (Lipinski definition) is 1. The van der Waals surface area contributed by atoms with Crippen molar-refractivity contribution in [3.05, 3.63) is 48.6 Å². The fourth-order valence-electron chi connectivity index (χ4n) is 2.61. The molecule has 1 atom stereocenters. The Morgan fingerprint density at radius 3 is 2.45 bits per heavy atom. The second-order valence-corrected chi connectivity index (χ2v) is 6.06. The van der Waals surface area contributed by atoms with Crippen LogP contribution in [0.4, 0.5) is 0 Å². The quantitative estimate of drug-likeness (QED) is 0.416. The van der Waals surface area contributed by atoms with Crippen LogP contribution in [0.1, 0.15) is 64.4 Å². The second kappa shape index (κ2) is 9.77. The summed E-state index contributed by atoms with van der Waals surface area (Å²) in [5, 5.41) is 3.73. The molecule has 1 aromatic rings. The van der Waals surface area contributed by atoms with Gasteiger partial charge in [-0.2, -0.15) is 0 Å². The molecule has 0 aliphatic rings. The molecule has 0 aliphatic heterocycles. The lowest BCUT2D eigenvalue weighted by molar-refractivity contribution is 0.318. The number of hydrogen-bond acceptors (Lipinski definition) is 1. The fraction of sp³-hybridized carbons (Fsp3) is 0.579. The zero-order chi connectivity index (χ0) is 14.7. The molecular formula is C19H31N. The van der Waals surface area contributed by atoms with Gasteiger partial charge in [-0.05, 0) is 25.3 Å². The molecule has 1 unspecified atom stereocenters. The normalized spacial score (nSPS) is 13.9. The molecule has 0 spiro atoms. The molecule has 0 radical (unpaired) electrons. The highest BCUT2D eigenvalue weighted by Gasteiger charge is 2.21. The molecule has 20 heavy (non-hydrogen) atoms. The van der Waals surface area contributed by atoms with Crippen molar-refractivity contribution in [1.82, 2.24) is 5.32 Å². The van der Waals surface area contributed by atoms with E-state index >= 15 is 0 Å². The largest absolute Gasteiger partial charge is 0.307 e. The summed E-state index contributed by atoms with van der Waals surface area (Å²) in [5.41, 5.74) is 1.54. The van der Waals surface area contributed by atoms with Crippen molar-refractivity contribution in [3.63, 3.8) is 0 Å². The maximum Gasteiger partial charge on any atom is 0.0210 e. The topological polar surface area (TPSA) is 12.0 Å². The molecule has 0 fully saturated rings. The summed E-state index contributed by atoms with van der Waals surface area (Å²) in [6.45, 7) is 9.46. The third-order valence-electron chi connectivity index (χ3n) is 3.99.